The molecule has 186 valence electrons. The fourth-order valence-electron chi connectivity index (χ4n) is 6.43. The molecule has 7 nitrogen and oxygen atoms in total. The zero-order valence-electron chi connectivity index (χ0n) is 20.9. The Morgan fingerprint density at radius 1 is 1.26 bits per heavy atom. The van der Waals surface area contributed by atoms with Gasteiger partial charge in [0.05, 0.1) is 35.8 Å². The summed E-state index contributed by atoms with van der Waals surface area (Å²) >= 11 is 1.61. The zero-order chi connectivity index (χ0) is 25.0. The summed E-state index contributed by atoms with van der Waals surface area (Å²) in [5.74, 6) is -2.14. The van der Waals surface area contributed by atoms with Crippen LogP contribution in [0.5, 0.6) is 0 Å². The molecule has 3 aliphatic heterocycles. The van der Waals surface area contributed by atoms with Gasteiger partial charge in [-0.05, 0) is 57.6 Å². The monoisotopic (exact) mass is 488 g/mol. The van der Waals surface area contributed by atoms with Gasteiger partial charge in [-0.25, -0.2) is 0 Å². The number of hydrogen-bond donors (Lipinski definition) is 2. The van der Waals surface area contributed by atoms with Crippen molar-refractivity contribution < 1.29 is 24.2 Å². The average molecular weight is 489 g/mol. The van der Waals surface area contributed by atoms with Crippen molar-refractivity contribution in [3.05, 3.63) is 29.3 Å². The highest BCUT2D eigenvalue weighted by Gasteiger charge is 2.78. The molecule has 3 aliphatic rings. The number of likely N-dealkylation sites (tertiary alicyclic amines) is 1. The van der Waals surface area contributed by atoms with Gasteiger partial charge in [0.25, 0.3) is 0 Å². The number of aryl methyl sites for hydroxylation is 2. The number of amides is 2. The minimum absolute atomic E-state index is 0.0569. The summed E-state index contributed by atoms with van der Waals surface area (Å²) in [6.07, 6.45) is 1.40. The largest absolute Gasteiger partial charge is 0.466 e. The molecule has 1 aromatic carbocycles. The van der Waals surface area contributed by atoms with Crippen LogP contribution in [0.3, 0.4) is 0 Å². The third kappa shape index (κ3) is 3.56. The number of aliphatic hydroxyl groups excluding tert-OH is 1. The van der Waals surface area contributed by atoms with Crippen LogP contribution in [-0.4, -0.2) is 62.6 Å². The maximum Gasteiger partial charge on any atom is 0.311 e. The van der Waals surface area contributed by atoms with Gasteiger partial charge in [0.15, 0.2) is 0 Å². The summed E-state index contributed by atoms with van der Waals surface area (Å²) in [6.45, 7) is 11.6. The molecule has 34 heavy (non-hydrogen) atoms. The molecule has 0 aliphatic carbocycles. The number of rotatable bonds is 7. The minimum Gasteiger partial charge on any atom is -0.466 e. The number of carbonyl (C=O) groups is 3. The van der Waals surface area contributed by atoms with Crippen LogP contribution >= 0.6 is 11.8 Å². The first-order valence-electron chi connectivity index (χ1n) is 12.2. The number of nitrogens with zero attached hydrogens (tertiary/aromatic N) is 1. The SMILES string of the molecule is CCOC(=O)[C@H]1[C@H]2C(=O)N([C@@H](CO)C(C)C)C(C(=O)Nc3c(C)cccc3C)C23CC[C@]1(C)S3. The number of benzene rings is 1. The van der Waals surface area contributed by atoms with Crippen LogP contribution in [-0.2, 0) is 19.1 Å². The quantitative estimate of drug-likeness (QED) is 0.572. The summed E-state index contributed by atoms with van der Waals surface area (Å²) in [5.41, 5.74) is 2.64. The lowest BCUT2D eigenvalue weighted by Crippen LogP contribution is -2.56. The molecule has 3 fully saturated rings. The van der Waals surface area contributed by atoms with Crippen molar-refractivity contribution in [3.8, 4) is 0 Å². The standard InChI is InChI=1S/C26H36N2O5S/c1-7-33-24(32)19-18-23(31)28(17(13-29)14(2)3)21(26(18)12-11-25(19,6)34-26)22(30)27-20-15(4)9-8-10-16(20)5/h8-10,14,17-19,21,29H,7,11-13H2,1-6H3,(H,27,30)/t17-,18-,19+,21?,25-,26?/m0/s1. The van der Waals surface area contributed by atoms with E-state index in [1.807, 2.05) is 52.8 Å². The molecule has 2 amide bonds. The molecule has 2 unspecified atom stereocenters. The van der Waals surface area contributed by atoms with E-state index in [2.05, 4.69) is 5.32 Å². The first-order valence-corrected chi connectivity index (χ1v) is 13.0. The number of nitrogens with one attached hydrogen (secondary N) is 1. The smallest absolute Gasteiger partial charge is 0.311 e. The number of esters is 1. The number of ether oxygens (including phenoxy) is 1. The van der Waals surface area contributed by atoms with Crippen LogP contribution in [0.15, 0.2) is 18.2 Å². The Labute approximate surface area is 206 Å². The molecular weight excluding hydrogens is 452 g/mol. The highest BCUT2D eigenvalue weighted by Crippen LogP contribution is 2.71. The van der Waals surface area contributed by atoms with E-state index in [0.717, 1.165) is 23.2 Å². The Morgan fingerprint density at radius 2 is 1.91 bits per heavy atom. The molecule has 1 spiro atoms. The van der Waals surface area contributed by atoms with Gasteiger partial charge in [0.2, 0.25) is 11.8 Å². The molecule has 0 aromatic heterocycles. The van der Waals surface area contributed by atoms with Gasteiger partial charge >= 0.3 is 5.97 Å². The van der Waals surface area contributed by atoms with Crippen LogP contribution in [0, 0.1) is 31.6 Å². The normalized spacial score (nSPS) is 32.8. The van der Waals surface area contributed by atoms with E-state index in [4.69, 9.17) is 4.74 Å². The summed E-state index contributed by atoms with van der Waals surface area (Å²) in [4.78, 5) is 42.8. The van der Waals surface area contributed by atoms with Gasteiger partial charge in [0.1, 0.15) is 6.04 Å². The Kier molecular flexibility index (Phi) is 6.53. The van der Waals surface area contributed by atoms with E-state index in [1.165, 1.54) is 0 Å². The van der Waals surface area contributed by atoms with E-state index in [0.29, 0.717) is 6.42 Å². The molecular formula is C26H36N2O5S. The Morgan fingerprint density at radius 3 is 2.47 bits per heavy atom. The fourth-order valence-corrected chi connectivity index (χ4v) is 8.77. The van der Waals surface area contributed by atoms with Crippen LogP contribution < -0.4 is 5.32 Å². The number of fused-ring (bicyclic) bond motifs is 1. The molecule has 1 aromatic rings. The van der Waals surface area contributed by atoms with Crippen molar-refractivity contribution in [2.24, 2.45) is 17.8 Å². The Balaban J connectivity index is 1.81. The lowest BCUT2D eigenvalue weighted by atomic mass is 9.66. The predicted octanol–water partition coefficient (Wildman–Crippen LogP) is 3.30. The maximum atomic E-state index is 14.1. The van der Waals surface area contributed by atoms with Gasteiger partial charge < -0.3 is 20.1 Å². The van der Waals surface area contributed by atoms with E-state index in [9.17, 15) is 19.5 Å². The number of carbonyl (C=O) groups excluding carboxylic acids is 3. The van der Waals surface area contributed by atoms with Crippen molar-refractivity contribution in [1.29, 1.82) is 0 Å². The molecule has 0 radical (unpaired) electrons. The predicted molar refractivity (Wildman–Crippen MR) is 132 cm³/mol. The van der Waals surface area contributed by atoms with Crippen molar-refractivity contribution in [3.63, 3.8) is 0 Å². The van der Waals surface area contributed by atoms with Crippen molar-refractivity contribution in [1.82, 2.24) is 4.90 Å². The lowest BCUT2D eigenvalue weighted by molar-refractivity contribution is -0.155. The molecule has 2 N–H and O–H groups in total. The number of aliphatic hydroxyl groups is 1. The number of hydrogen-bond acceptors (Lipinski definition) is 6. The van der Waals surface area contributed by atoms with Gasteiger partial charge in [-0.3, -0.25) is 14.4 Å². The molecule has 3 heterocycles. The second-order valence-corrected chi connectivity index (χ2v) is 12.4. The summed E-state index contributed by atoms with van der Waals surface area (Å²) in [5, 5.41) is 13.4. The Hall–Kier alpha value is -2.06. The van der Waals surface area contributed by atoms with Crippen LogP contribution in [0.4, 0.5) is 5.69 Å². The van der Waals surface area contributed by atoms with Crippen LogP contribution in [0.1, 0.15) is 51.7 Å². The third-order valence-corrected chi connectivity index (χ3v) is 10.0. The second kappa shape index (κ2) is 8.86. The van der Waals surface area contributed by atoms with E-state index >= 15 is 0 Å². The van der Waals surface area contributed by atoms with Gasteiger partial charge in [-0.2, -0.15) is 0 Å². The number of anilines is 1. The third-order valence-electron chi connectivity index (χ3n) is 8.05. The van der Waals surface area contributed by atoms with Gasteiger partial charge in [-0.15, -0.1) is 11.8 Å². The second-order valence-electron chi connectivity index (χ2n) is 10.5. The van der Waals surface area contributed by atoms with Crippen molar-refractivity contribution >= 4 is 35.2 Å². The topological polar surface area (TPSA) is 95.9 Å². The zero-order valence-corrected chi connectivity index (χ0v) is 21.7. The molecule has 2 bridgehead atoms. The number of thioether (sulfide) groups is 1. The fraction of sp³-hybridized carbons (Fsp3) is 0.654. The van der Waals surface area contributed by atoms with Crippen LogP contribution in [0.2, 0.25) is 0 Å². The highest BCUT2D eigenvalue weighted by atomic mass is 32.2. The minimum atomic E-state index is -0.783. The van der Waals surface area contributed by atoms with Crippen LogP contribution in [0.25, 0.3) is 0 Å². The maximum absolute atomic E-state index is 14.1. The lowest BCUT2D eigenvalue weighted by Gasteiger charge is -2.38. The first kappa shape index (κ1) is 25.0. The van der Waals surface area contributed by atoms with E-state index in [-0.39, 0.29) is 36.9 Å². The molecule has 6 atom stereocenters. The summed E-state index contributed by atoms with van der Waals surface area (Å²) < 4.78 is 4.23. The molecule has 3 saturated heterocycles. The molecule has 8 heteroatoms. The molecule has 0 saturated carbocycles. The van der Waals surface area contributed by atoms with Crippen molar-refractivity contribution in [2.45, 2.75) is 76.0 Å². The van der Waals surface area contributed by atoms with Gasteiger partial charge in [-0.1, -0.05) is 32.0 Å². The van der Waals surface area contributed by atoms with Crippen molar-refractivity contribution in [2.75, 3.05) is 18.5 Å². The first-order chi connectivity index (χ1) is 16.0. The van der Waals surface area contributed by atoms with E-state index in [1.54, 1.807) is 23.6 Å². The van der Waals surface area contributed by atoms with Gasteiger partial charge in [0, 0.05) is 10.4 Å². The Bertz CT molecular complexity index is 993. The van der Waals surface area contributed by atoms with E-state index < -0.39 is 33.4 Å². The molecule has 4 rings (SSSR count). The summed E-state index contributed by atoms with van der Waals surface area (Å²) in [6, 6.07) is 4.53. The number of para-hydroxylation sites is 1. The summed E-state index contributed by atoms with van der Waals surface area (Å²) in [7, 11) is 0. The average Bonchev–Trinajstić information content (AvgIpc) is 3.32. The highest BCUT2D eigenvalue weighted by molar-refractivity contribution is 8.02.